The lowest BCUT2D eigenvalue weighted by Gasteiger charge is -2.25. The second kappa shape index (κ2) is 6.61. The quantitative estimate of drug-likeness (QED) is 0.712. The Morgan fingerprint density at radius 2 is 1.68 bits per heavy atom. The van der Waals surface area contributed by atoms with Crippen LogP contribution in [0.4, 0.5) is 15.8 Å². The maximum absolute atomic E-state index is 13.3. The predicted molar refractivity (Wildman–Crippen MR) is 97.2 cm³/mol. The fraction of sp³-hybridized carbons (Fsp3) is 0.200. The summed E-state index contributed by atoms with van der Waals surface area (Å²) in [6, 6.07) is 13.1. The molecule has 4 rings (SSSR count). The third-order valence-electron chi connectivity index (χ3n) is 4.55. The first-order chi connectivity index (χ1) is 12.2. The van der Waals surface area contributed by atoms with E-state index in [0.717, 1.165) is 42.1 Å². The third kappa shape index (κ3) is 3.23. The highest BCUT2D eigenvalue weighted by Gasteiger charge is 2.20. The van der Waals surface area contributed by atoms with Gasteiger partial charge in [-0.1, -0.05) is 6.07 Å². The smallest absolute Gasteiger partial charge is 0.123 e. The fourth-order valence-electron chi connectivity index (χ4n) is 3.25. The lowest BCUT2D eigenvalue weighted by molar-refractivity contribution is 0.343. The van der Waals surface area contributed by atoms with Crippen molar-refractivity contribution in [1.82, 2.24) is 14.9 Å². The highest BCUT2D eigenvalue weighted by molar-refractivity contribution is 5.72. The molecule has 0 bridgehead atoms. The van der Waals surface area contributed by atoms with E-state index in [1.807, 2.05) is 24.5 Å². The number of nitrogens with zero attached hydrogens (tertiary/aromatic N) is 4. The van der Waals surface area contributed by atoms with Crippen LogP contribution in [-0.4, -0.2) is 35.0 Å². The van der Waals surface area contributed by atoms with Crippen LogP contribution in [0.15, 0.2) is 61.2 Å². The molecule has 1 aliphatic heterocycles. The Balaban J connectivity index is 1.78. The zero-order valence-electron chi connectivity index (χ0n) is 14.1. The summed E-state index contributed by atoms with van der Waals surface area (Å²) in [6.07, 6.45) is 5.19. The molecule has 0 spiro atoms. The van der Waals surface area contributed by atoms with Crippen molar-refractivity contribution in [2.75, 3.05) is 25.0 Å². The van der Waals surface area contributed by atoms with Crippen LogP contribution in [0.3, 0.4) is 0 Å². The van der Waals surface area contributed by atoms with Gasteiger partial charge >= 0.3 is 0 Å². The summed E-state index contributed by atoms with van der Waals surface area (Å²) < 4.78 is 13.3. The number of rotatable bonds is 2. The lowest BCUT2D eigenvalue weighted by Crippen LogP contribution is -2.26. The predicted octanol–water partition coefficient (Wildman–Crippen LogP) is 3.87. The Labute approximate surface area is 146 Å². The Morgan fingerprint density at radius 1 is 0.920 bits per heavy atom. The van der Waals surface area contributed by atoms with Crippen LogP contribution in [0.25, 0.3) is 11.1 Å². The molecule has 0 N–H and O–H groups in total. The molecule has 0 unspecified atom stereocenters. The monoisotopic (exact) mass is 334 g/mol. The van der Waals surface area contributed by atoms with Crippen LogP contribution in [0, 0.1) is 5.82 Å². The number of likely N-dealkylation sites (N-methyl/N-ethyl adjacent to an activating group) is 1. The number of halogens is 1. The van der Waals surface area contributed by atoms with Crippen molar-refractivity contribution in [1.29, 1.82) is 0 Å². The SMILES string of the molecule is CN1CCN(c2ccc(F)cc2)c2ccc(-c3cncnc3)cc2C1. The number of fused-ring (bicyclic) bond motifs is 1. The Morgan fingerprint density at radius 3 is 2.44 bits per heavy atom. The van der Waals surface area contributed by atoms with Gasteiger partial charge in [-0.05, 0) is 54.6 Å². The maximum Gasteiger partial charge on any atom is 0.123 e. The van der Waals surface area contributed by atoms with Gasteiger partial charge in [0.05, 0.1) is 0 Å². The van der Waals surface area contributed by atoms with Gasteiger partial charge in [0.1, 0.15) is 12.1 Å². The molecule has 0 atom stereocenters. The van der Waals surface area contributed by atoms with E-state index in [1.54, 1.807) is 0 Å². The molecule has 0 saturated carbocycles. The summed E-state index contributed by atoms with van der Waals surface area (Å²) in [6.45, 7) is 2.67. The molecule has 0 fully saturated rings. The van der Waals surface area contributed by atoms with Gasteiger partial charge in [0.25, 0.3) is 0 Å². The molecule has 2 aromatic carbocycles. The molecule has 3 aromatic rings. The van der Waals surface area contributed by atoms with Crippen LogP contribution in [0.1, 0.15) is 5.56 Å². The molecule has 25 heavy (non-hydrogen) atoms. The van der Waals surface area contributed by atoms with E-state index >= 15 is 0 Å². The highest BCUT2D eigenvalue weighted by atomic mass is 19.1. The maximum atomic E-state index is 13.3. The van der Waals surface area contributed by atoms with Gasteiger partial charge < -0.3 is 9.80 Å². The number of aromatic nitrogens is 2. The minimum Gasteiger partial charge on any atom is -0.340 e. The lowest BCUT2D eigenvalue weighted by atomic mass is 10.0. The van der Waals surface area contributed by atoms with Crippen LogP contribution < -0.4 is 4.90 Å². The van der Waals surface area contributed by atoms with Crippen LogP contribution in [0.5, 0.6) is 0 Å². The van der Waals surface area contributed by atoms with Crippen LogP contribution in [0.2, 0.25) is 0 Å². The molecule has 1 aliphatic rings. The average Bonchev–Trinajstić information content (AvgIpc) is 2.81. The standard InChI is InChI=1S/C20H19FN4/c1-24-8-9-25(19-5-3-18(21)4-6-19)20-7-2-15(10-16(20)13-24)17-11-22-14-23-12-17/h2-7,10-12,14H,8-9,13H2,1H3. The van der Waals surface area contributed by atoms with Gasteiger partial charge in [-0.25, -0.2) is 14.4 Å². The van der Waals surface area contributed by atoms with Gasteiger partial charge in [-0.15, -0.1) is 0 Å². The number of benzene rings is 2. The van der Waals surface area contributed by atoms with Crippen molar-refractivity contribution in [2.45, 2.75) is 6.54 Å². The van der Waals surface area contributed by atoms with E-state index in [4.69, 9.17) is 0 Å². The first kappa shape index (κ1) is 15.7. The molecule has 0 aliphatic carbocycles. The first-order valence-corrected chi connectivity index (χ1v) is 8.31. The zero-order chi connectivity index (χ0) is 17.2. The van der Waals surface area contributed by atoms with Gasteiger partial charge in [0, 0.05) is 49.0 Å². The van der Waals surface area contributed by atoms with Crippen molar-refractivity contribution in [3.05, 3.63) is 72.6 Å². The van der Waals surface area contributed by atoms with E-state index in [1.165, 1.54) is 24.0 Å². The van der Waals surface area contributed by atoms with Crippen molar-refractivity contribution in [2.24, 2.45) is 0 Å². The van der Waals surface area contributed by atoms with Gasteiger partial charge in [-0.2, -0.15) is 0 Å². The zero-order valence-corrected chi connectivity index (χ0v) is 14.1. The van der Waals surface area contributed by atoms with E-state index in [2.05, 4.69) is 45.0 Å². The molecule has 5 heteroatoms. The molecular weight excluding hydrogens is 315 g/mol. The minimum absolute atomic E-state index is 0.213. The number of hydrogen-bond donors (Lipinski definition) is 0. The van der Waals surface area contributed by atoms with Gasteiger partial charge in [0.2, 0.25) is 0 Å². The average molecular weight is 334 g/mol. The normalized spacial score (nSPS) is 14.9. The molecule has 0 amide bonds. The van der Waals surface area contributed by atoms with Crippen LogP contribution >= 0.6 is 0 Å². The summed E-state index contributed by atoms with van der Waals surface area (Å²) in [5.41, 5.74) is 5.52. The third-order valence-corrected chi connectivity index (χ3v) is 4.55. The van der Waals surface area contributed by atoms with E-state index < -0.39 is 0 Å². The fourth-order valence-corrected chi connectivity index (χ4v) is 3.25. The minimum atomic E-state index is -0.213. The molecule has 4 nitrogen and oxygen atoms in total. The Hall–Kier alpha value is -2.79. The summed E-state index contributed by atoms with van der Waals surface area (Å²) in [7, 11) is 2.12. The molecule has 0 saturated heterocycles. The van der Waals surface area contributed by atoms with Crippen molar-refractivity contribution >= 4 is 11.4 Å². The summed E-state index contributed by atoms with van der Waals surface area (Å²) in [5.74, 6) is -0.213. The molecule has 0 radical (unpaired) electrons. The Kier molecular flexibility index (Phi) is 4.15. The number of hydrogen-bond acceptors (Lipinski definition) is 4. The first-order valence-electron chi connectivity index (χ1n) is 8.31. The second-order valence-corrected chi connectivity index (χ2v) is 6.34. The van der Waals surface area contributed by atoms with Crippen molar-refractivity contribution in [3.63, 3.8) is 0 Å². The Bertz CT molecular complexity index is 865. The van der Waals surface area contributed by atoms with E-state index in [-0.39, 0.29) is 5.82 Å². The van der Waals surface area contributed by atoms with Crippen molar-refractivity contribution < 1.29 is 4.39 Å². The molecular formula is C20H19FN4. The van der Waals surface area contributed by atoms with Gasteiger partial charge in [-0.3, -0.25) is 0 Å². The van der Waals surface area contributed by atoms with Crippen molar-refractivity contribution in [3.8, 4) is 11.1 Å². The van der Waals surface area contributed by atoms with Crippen LogP contribution in [-0.2, 0) is 6.54 Å². The summed E-state index contributed by atoms with van der Waals surface area (Å²) in [4.78, 5) is 12.8. The largest absolute Gasteiger partial charge is 0.340 e. The number of anilines is 2. The van der Waals surface area contributed by atoms with E-state index in [0.29, 0.717) is 0 Å². The van der Waals surface area contributed by atoms with E-state index in [9.17, 15) is 4.39 Å². The molecule has 126 valence electrons. The highest BCUT2D eigenvalue weighted by Crippen LogP contribution is 2.34. The summed E-state index contributed by atoms with van der Waals surface area (Å²) in [5, 5.41) is 0. The molecule has 1 aromatic heterocycles. The summed E-state index contributed by atoms with van der Waals surface area (Å²) >= 11 is 0. The molecule has 2 heterocycles. The van der Waals surface area contributed by atoms with Gasteiger partial charge in [0.15, 0.2) is 0 Å². The topological polar surface area (TPSA) is 32.3 Å². The second-order valence-electron chi connectivity index (χ2n) is 6.34.